The maximum Gasteiger partial charge on any atom is 0.0947 e. The summed E-state index contributed by atoms with van der Waals surface area (Å²) in [5.41, 5.74) is 6.99. The van der Waals surface area contributed by atoms with Crippen LogP contribution in [0.15, 0.2) is 23.0 Å². The predicted octanol–water partition coefficient (Wildman–Crippen LogP) is 2.23. The Morgan fingerprint density at radius 3 is 2.87 bits per heavy atom. The highest BCUT2D eigenvalue weighted by molar-refractivity contribution is 5.04. The van der Waals surface area contributed by atoms with Gasteiger partial charge in [-0.1, -0.05) is 19.8 Å². The summed E-state index contributed by atoms with van der Waals surface area (Å²) in [5, 5.41) is 0. The standard InChI is InChI=1S/C12H22N2O/c1-3-4-5-12(8-13)14(2)9-11-6-7-15-10-11/h6-7,10,12H,3-5,8-9,13H2,1-2H3. The van der Waals surface area contributed by atoms with Crippen molar-refractivity contribution < 1.29 is 4.42 Å². The number of nitrogens with zero attached hydrogens (tertiary/aromatic N) is 1. The fourth-order valence-electron chi connectivity index (χ4n) is 1.76. The Balaban J connectivity index is 2.39. The minimum Gasteiger partial charge on any atom is -0.472 e. The van der Waals surface area contributed by atoms with Gasteiger partial charge >= 0.3 is 0 Å². The largest absolute Gasteiger partial charge is 0.472 e. The molecule has 0 fully saturated rings. The molecule has 3 nitrogen and oxygen atoms in total. The number of likely N-dealkylation sites (N-methyl/N-ethyl adjacent to an activating group) is 1. The Morgan fingerprint density at radius 1 is 1.53 bits per heavy atom. The van der Waals surface area contributed by atoms with Crippen molar-refractivity contribution in [2.75, 3.05) is 13.6 Å². The van der Waals surface area contributed by atoms with Crippen molar-refractivity contribution in [1.29, 1.82) is 0 Å². The molecule has 0 aliphatic rings. The molecule has 1 heterocycles. The van der Waals surface area contributed by atoms with Gasteiger partial charge in [0, 0.05) is 24.7 Å². The van der Waals surface area contributed by atoms with E-state index in [-0.39, 0.29) is 0 Å². The molecule has 2 N–H and O–H groups in total. The molecular formula is C12H22N2O. The summed E-state index contributed by atoms with van der Waals surface area (Å²) in [7, 11) is 2.13. The third kappa shape index (κ3) is 4.06. The summed E-state index contributed by atoms with van der Waals surface area (Å²) in [4.78, 5) is 2.31. The average Bonchev–Trinajstić information content (AvgIpc) is 2.71. The number of unbranched alkanes of at least 4 members (excludes halogenated alkanes) is 1. The summed E-state index contributed by atoms with van der Waals surface area (Å²) in [6, 6.07) is 2.49. The Bertz CT molecular complexity index is 246. The van der Waals surface area contributed by atoms with Crippen molar-refractivity contribution in [2.24, 2.45) is 5.73 Å². The normalized spacial score (nSPS) is 13.3. The van der Waals surface area contributed by atoms with E-state index in [9.17, 15) is 0 Å². The Labute approximate surface area is 92.2 Å². The summed E-state index contributed by atoms with van der Waals surface area (Å²) >= 11 is 0. The second kappa shape index (κ2) is 6.64. The zero-order chi connectivity index (χ0) is 11.1. The number of rotatable bonds is 7. The fourth-order valence-corrected chi connectivity index (χ4v) is 1.76. The molecule has 1 rings (SSSR count). The van der Waals surface area contributed by atoms with E-state index < -0.39 is 0 Å². The molecular weight excluding hydrogens is 188 g/mol. The second-order valence-electron chi connectivity index (χ2n) is 4.08. The lowest BCUT2D eigenvalue weighted by molar-refractivity contribution is 0.223. The molecule has 0 bridgehead atoms. The van der Waals surface area contributed by atoms with Gasteiger partial charge in [0.25, 0.3) is 0 Å². The summed E-state index contributed by atoms with van der Waals surface area (Å²) < 4.78 is 5.05. The van der Waals surface area contributed by atoms with E-state index in [1.807, 2.05) is 6.07 Å². The Morgan fingerprint density at radius 2 is 2.33 bits per heavy atom. The van der Waals surface area contributed by atoms with Gasteiger partial charge in [0.05, 0.1) is 12.5 Å². The first-order valence-electron chi connectivity index (χ1n) is 5.69. The molecule has 15 heavy (non-hydrogen) atoms. The number of hydrogen-bond donors (Lipinski definition) is 1. The minimum absolute atomic E-state index is 0.486. The molecule has 0 aliphatic carbocycles. The Kier molecular flexibility index (Phi) is 5.43. The van der Waals surface area contributed by atoms with E-state index in [0.29, 0.717) is 6.04 Å². The van der Waals surface area contributed by atoms with Crippen LogP contribution in [-0.4, -0.2) is 24.5 Å². The molecule has 1 unspecified atom stereocenters. The highest BCUT2D eigenvalue weighted by Crippen LogP contribution is 2.10. The number of nitrogens with two attached hydrogens (primary N) is 1. The summed E-state index contributed by atoms with van der Waals surface area (Å²) in [5.74, 6) is 0. The predicted molar refractivity (Wildman–Crippen MR) is 62.5 cm³/mol. The highest BCUT2D eigenvalue weighted by atomic mass is 16.3. The van der Waals surface area contributed by atoms with Crippen LogP contribution in [0.5, 0.6) is 0 Å². The molecule has 0 amide bonds. The molecule has 0 saturated carbocycles. The Hall–Kier alpha value is -0.800. The molecule has 3 heteroatoms. The van der Waals surface area contributed by atoms with E-state index in [1.54, 1.807) is 12.5 Å². The lowest BCUT2D eigenvalue weighted by atomic mass is 10.1. The smallest absolute Gasteiger partial charge is 0.0947 e. The van der Waals surface area contributed by atoms with Gasteiger partial charge in [0.1, 0.15) is 0 Å². The topological polar surface area (TPSA) is 42.4 Å². The first-order chi connectivity index (χ1) is 7.27. The zero-order valence-corrected chi connectivity index (χ0v) is 9.78. The van der Waals surface area contributed by atoms with Gasteiger partial charge in [0.15, 0.2) is 0 Å². The van der Waals surface area contributed by atoms with E-state index >= 15 is 0 Å². The first-order valence-corrected chi connectivity index (χ1v) is 5.69. The van der Waals surface area contributed by atoms with Crippen LogP contribution in [0.2, 0.25) is 0 Å². The van der Waals surface area contributed by atoms with Crippen molar-refractivity contribution in [3.8, 4) is 0 Å². The van der Waals surface area contributed by atoms with Gasteiger partial charge in [0.2, 0.25) is 0 Å². The van der Waals surface area contributed by atoms with Crippen LogP contribution in [-0.2, 0) is 6.54 Å². The molecule has 1 aromatic heterocycles. The third-order valence-electron chi connectivity index (χ3n) is 2.80. The van der Waals surface area contributed by atoms with Gasteiger partial charge < -0.3 is 10.2 Å². The van der Waals surface area contributed by atoms with Gasteiger partial charge in [-0.15, -0.1) is 0 Å². The quantitative estimate of drug-likeness (QED) is 0.750. The van der Waals surface area contributed by atoms with Crippen molar-refractivity contribution >= 4 is 0 Å². The summed E-state index contributed by atoms with van der Waals surface area (Å²) in [6.45, 7) is 3.86. The van der Waals surface area contributed by atoms with Crippen molar-refractivity contribution in [1.82, 2.24) is 4.90 Å². The summed E-state index contributed by atoms with van der Waals surface area (Å²) in [6.07, 6.45) is 7.17. The van der Waals surface area contributed by atoms with Gasteiger partial charge in [-0.3, -0.25) is 4.90 Å². The lowest BCUT2D eigenvalue weighted by Gasteiger charge is -2.26. The second-order valence-corrected chi connectivity index (χ2v) is 4.08. The van der Waals surface area contributed by atoms with Crippen LogP contribution in [0.25, 0.3) is 0 Å². The zero-order valence-electron chi connectivity index (χ0n) is 9.78. The molecule has 0 radical (unpaired) electrons. The molecule has 1 atom stereocenters. The first kappa shape index (κ1) is 12.3. The monoisotopic (exact) mass is 210 g/mol. The molecule has 0 spiro atoms. The van der Waals surface area contributed by atoms with E-state index in [1.165, 1.54) is 24.8 Å². The third-order valence-corrected chi connectivity index (χ3v) is 2.80. The maximum absolute atomic E-state index is 5.78. The molecule has 0 saturated heterocycles. The number of furan rings is 1. The van der Waals surface area contributed by atoms with Crippen molar-refractivity contribution in [2.45, 2.75) is 38.8 Å². The minimum atomic E-state index is 0.486. The van der Waals surface area contributed by atoms with Crippen LogP contribution in [0.1, 0.15) is 31.7 Å². The van der Waals surface area contributed by atoms with Gasteiger partial charge in [-0.2, -0.15) is 0 Å². The van der Waals surface area contributed by atoms with Crippen LogP contribution < -0.4 is 5.73 Å². The SMILES string of the molecule is CCCCC(CN)N(C)Cc1ccoc1. The van der Waals surface area contributed by atoms with E-state index in [0.717, 1.165) is 13.1 Å². The molecule has 0 aromatic carbocycles. The molecule has 86 valence electrons. The van der Waals surface area contributed by atoms with Crippen LogP contribution in [0.3, 0.4) is 0 Å². The average molecular weight is 210 g/mol. The van der Waals surface area contributed by atoms with Crippen molar-refractivity contribution in [3.63, 3.8) is 0 Å². The van der Waals surface area contributed by atoms with E-state index in [2.05, 4.69) is 18.9 Å². The van der Waals surface area contributed by atoms with Crippen LogP contribution in [0.4, 0.5) is 0 Å². The van der Waals surface area contributed by atoms with E-state index in [4.69, 9.17) is 10.2 Å². The maximum atomic E-state index is 5.78. The lowest BCUT2D eigenvalue weighted by Crippen LogP contribution is -2.37. The number of hydrogen-bond acceptors (Lipinski definition) is 3. The van der Waals surface area contributed by atoms with Crippen LogP contribution in [0, 0.1) is 0 Å². The van der Waals surface area contributed by atoms with Gasteiger partial charge in [-0.05, 0) is 19.5 Å². The fraction of sp³-hybridized carbons (Fsp3) is 0.667. The highest BCUT2D eigenvalue weighted by Gasteiger charge is 2.12. The van der Waals surface area contributed by atoms with Crippen molar-refractivity contribution in [3.05, 3.63) is 24.2 Å². The molecule has 0 aliphatic heterocycles. The molecule has 1 aromatic rings. The van der Waals surface area contributed by atoms with Crippen LogP contribution >= 0.6 is 0 Å². The van der Waals surface area contributed by atoms with Gasteiger partial charge in [-0.25, -0.2) is 0 Å².